The molecule has 0 aliphatic carbocycles. The summed E-state index contributed by atoms with van der Waals surface area (Å²) in [5.41, 5.74) is 0. The van der Waals surface area contributed by atoms with Crippen LogP contribution in [0.5, 0.6) is 0 Å². The lowest BCUT2D eigenvalue weighted by atomic mass is 10.1. The Morgan fingerprint density at radius 3 is 2.94 bits per heavy atom. The summed E-state index contributed by atoms with van der Waals surface area (Å²) >= 11 is 7.48. The highest BCUT2D eigenvalue weighted by Gasteiger charge is 2.23. The molecule has 1 saturated heterocycles. The summed E-state index contributed by atoms with van der Waals surface area (Å²) in [6, 6.07) is 1.97. The van der Waals surface area contributed by atoms with Crippen LogP contribution in [0.2, 0.25) is 5.02 Å². The van der Waals surface area contributed by atoms with Gasteiger partial charge >= 0.3 is 0 Å². The lowest BCUT2D eigenvalue weighted by molar-refractivity contribution is 0.146. The molecule has 3 N–H and O–H groups in total. The van der Waals surface area contributed by atoms with Gasteiger partial charge in [-0.05, 0) is 6.07 Å². The van der Waals surface area contributed by atoms with Crippen molar-refractivity contribution in [1.29, 1.82) is 0 Å². The van der Waals surface area contributed by atoms with Crippen molar-refractivity contribution >= 4 is 35.3 Å². The van der Waals surface area contributed by atoms with Gasteiger partial charge in [0.05, 0.1) is 11.1 Å². The van der Waals surface area contributed by atoms with Gasteiger partial charge in [0.2, 0.25) is 0 Å². The van der Waals surface area contributed by atoms with Crippen molar-refractivity contribution in [2.45, 2.75) is 12.6 Å². The number of rotatable bonds is 4. The van der Waals surface area contributed by atoms with Gasteiger partial charge in [0.25, 0.3) is 0 Å². The van der Waals surface area contributed by atoms with Crippen molar-refractivity contribution in [3.8, 4) is 0 Å². The third-order valence-corrected chi connectivity index (χ3v) is 3.92. The van der Waals surface area contributed by atoms with Crippen LogP contribution in [0.1, 0.15) is 4.88 Å². The van der Waals surface area contributed by atoms with Gasteiger partial charge in [0.1, 0.15) is 0 Å². The molecule has 0 saturated carbocycles. The molecule has 2 rings (SSSR count). The normalized spacial score (nSPS) is 24.4. The van der Waals surface area contributed by atoms with Gasteiger partial charge in [-0.2, -0.15) is 0 Å². The molecule has 1 aliphatic rings. The Hall–Kier alpha value is 0.160. The van der Waals surface area contributed by atoms with E-state index in [1.807, 2.05) is 11.4 Å². The minimum atomic E-state index is -0.204. The van der Waals surface area contributed by atoms with E-state index in [1.54, 1.807) is 11.3 Å². The van der Waals surface area contributed by atoms with Gasteiger partial charge in [-0.1, -0.05) is 11.6 Å². The van der Waals surface area contributed by atoms with Crippen molar-refractivity contribution < 1.29 is 5.11 Å². The quantitative estimate of drug-likeness (QED) is 0.784. The summed E-state index contributed by atoms with van der Waals surface area (Å²) in [5.74, 6) is 0.334. The highest BCUT2D eigenvalue weighted by Crippen LogP contribution is 2.18. The van der Waals surface area contributed by atoms with Gasteiger partial charge in [-0.3, -0.25) is 0 Å². The Bertz CT molecular complexity index is 322. The van der Waals surface area contributed by atoms with E-state index in [-0.39, 0.29) is 18.5 Å². The molecule has 1 aliphatic heterocycles. The third-order valence-electron chi connectivity index (χ3n) is 2.63. The van der Waals surface area contributed by atoms with E-state index in [0.29, 0.717) is 5.92 Å². The largest absolute Gasteiger partial charge is 0.391 e. The van der Waals surface area contributed by atoms with Crippen LogP contribution in [0.15, 0.2) is 11.4 Å². The number of thiophene rings is 1. The van der Waals surface area contributed by atoms with Crippen LogP contribution in [0.4, 0.5) is 0 Å². The fourth-order valence-corrected chi connectivity index (χ4v) is 2.80. The lowest BCUT2D eigenvalue weighted by Crippen LogP contribution is -2.29. The fourth-order valence-electron chi connectivity index (χ4n) is 1.75. The minimum Gasteiger partial charge on any atom is -0.391 e. The molecule has 2 heterocycles. The number of halogens is 2. The zero-order valence-electron chi connectivity index (χ0n) is 8.78. The van der Waals surface area contributed by atoms with Gasteiger partial charge in [0, 0.05) is 42.4 Å². The smallest absolute Gasteiger partial charge is 0.0716 e. The molecule has 92 valence electrons. The molecule has 6 heteroatoms. The van der Waals surface area contributed by atoms with Crippen molar-refractivity contribution in [3.63, 3.8) is 0 Å². The highest BCUT2D eigenvalue weighted by molar-refractivity contribution is 7.10. The Morgan fingerprint density at radius 2 is 2.38 bits per heavy atom. The number of hydrogen-bond donors (Lipinski definition) is 3. The summed E-state index contributed by atoms with van der Waals surface area (Å²) in [6.07, 6.45) is -0.204. The molecule has 0 spiro atoms. The first-order valence-electron chi connectivity index (χ1n) is 5.08. The second-order valence-corrected chi connectivity index (χ2v) is 5.28. The van der Waals surface area contributed by atoms with E-state index in [9.17, 15) is 5.11 Å². The van der Waals surface area contributed by atoms with E-state index in [1.165, 1.54) is 4.88 Å². The SMILES string of the molecule is Cl.OC1CNCC1CNCc1cc(Cl)cs1. The van der Waals surface area contributed by atoms with Gasteiger partial charge in [-0.25, -0.2) is 0 Å². The topological polar surface area (TPSA) is 44.3 Å². The highest BCUT2D eigenvalue weighted by atomic mass is 35.5. The predicted molar refractivity (Wildman–Crippen MR) is 70.7 cm³/mol. The van der Waals surface area contributed by atoms with Crippen molar-refractivity contribution in [1.82, 2.24) is 10.6 Å². The van der Waals surface area contributed by atoms with E-state index < -0.39 is 0 Å². The molecule has 0 aromatic carbocycles. The maximum atomic E-state index is 9.57. The maximum Gasteiger partial charge on any atom is 0.0716 e. The second kappa shape index (κ2) is 6.79. The average molecular weight is 283 g/mol. The molecule has 1 aromatic rings. The number of aliphatic hydroxyl groups excluding tert-OH is 1. The summed E-state index contributed by atoms with van der Waals surface area (Å²) in [7, 11) is 0. The summed E-state index contributed by atoms with van der Waals surface area (Å²) < 4.78 is 0. The molecular formula is C10H16Cl2N2OS. The summed E-state index contributed by atoms with van der Waals surface area (Å²) in [5, 5.41) is 18.8. The molecule has 2 unspecified atom stereocenters. The Balaban J connectivity index is 0.00000128. The first kappa shape index (κ1) is 14.2. The molecule has 0 radical (unpaired) electrons. The molecule has 1 aromatic heterocycles. The van der Waals surface area contributed by atoms with Crippen LogP contribution < -0.4 is 10.6 Å². The molecule has 2 atom stereocenters. The first-order valence-corrected chi connectivity index (χ1v) is 6.34. The van der Waals surface area contributed by atoms with E-state index >= 15 is 0 Å². The molecule has 1 fully saturated rings. The van der Waals surface area contributed by atoms with Crippen LogP contribution in [-0.2, 0) is 6.54 Å². The summed E-state index contributed by atoms with van der Waals surface area (Å²) in [4.78, 5) is 1.24. The number of nitrogens with one attached hydrogen (secondary N) is 2. The van der Waals surface area contributed by atoms with Crippen LogP contribution in [0.3, 0.4) is 0 Å². The van der Waals surface area contributed by atoms with Crippen LogP contribution in [0, 0.1) is 5.92 Å². The van der Waals surface area contributed by atoms with Crippen molar-refractivity contribution in [2.75, 3.05) is 19.6 Å². The molecule has 16 heavy (non-hydrogen) atoms. The van der Waals surface area contributed by atoms with E-state index in [0.717, 1.165) is 31.2 Å². The molecule has 3 nitrogen and oxygen atoms in total. The molecular weight excluding hydrogens is 267 g/mol. The lowest BCUT2D eigenvalue weighted by Gasteiger charge is -2.13. The van der Waals surface area contributed by atoms with Gasteiger partial charge in [0.15, 0.2) is 0 Å². The maximum absolute atomic E-state index is 9.57. The van der Waals surface area contributed by atoms with Gasteiger partial charge < -0.3 is 15.7 Å². The number of β-amino-alcohol motifs (C(OH)–C–C–N with tert-alkyl or cyclic N) is 1. The predicted octanol–water partition coefficient (Wildman–Crippen LogP) is 1.49. The van der Waals surface area contributed by atoms with Crippen LogP contribution in [0.25, 0.3) is 0 Å². The number of hydrogen-bond acceptors (Lipinski definition) is 4. The standard InChI is InChI=1S/C10H15ClN2OS.ClH/c11-8-1-9(15-6-8)4-12-2-7-3-13-5-10(7)14;/h1,6-7,10,12-14H,2-5H2;1H. The van der Waals surface area contributed by atoms with E-state index in [2.05, 4.69) is 10.6 Å². The van der Waals surface area contributed by atoms with Crippen LogP contribution >= 0.6 is 35.3 Å². The third kappa shape index (κ3) is 3.87. The first-order chi connectivity index (χ1) is 7.25. The van der Waals surface area contributed by atoms with Gasteiger partial charge in [-0.15, -0.1) is 23.7 Å². The Labute approximate surface area is 111 Å². The number of aliphatic hydroxyl groups is 1. The fraction of sp³-hybridized carbons (Fsp3) is 0.600. The summed E-state index contributed by atoms with van der Waals surface area (Å²) in [6.45, 7) is 3.31. The monoisotopic (exact) mass is 282 g/mol. The van der Waals surface area contributed by atoms with E-state index in [4.69, 9.17) is 11.6 Å². The minimum absolute atomic E-state index is 0. The zero-order valence-corrected chi connectivity index (χ0v) is 11.2. The molecule has 0 bridgehead atoms. The second-order valence-electron chi connectivity index (χ2n) is 3.85. The van der Waals surface area contributed by atoms with Crippen molar-refractivity contribution in [3.05, 3.63) is 21.3 Å². The average Bonchev–Trinajstić information content (AvgIpc) is 2.77. The van der Waals surface area contributed by atoms with Crippen LogP contribution in [-0.4, -0.2) is 30.8 Å². The molecule has 0 amide bonds. The zero-order chi connectivity index (χ0) is 10.7. The Morgan fingerprint density at radius 1 is 1.56 bits per heavy atom. The van der Waals surface area contributed by atoms with Crippen molar-refractivity contribution in [2.24, 2.45) is 5.92 Å². The Kier molecular flexibility index (Phi) is 6.03.